The van der Waals surface area contributed by atoms with Gasteiger partial charge in [0, 0.05) is 7.05 Å². The van der Waals surface area contributed by atoms with E-state index < -0.39 is 17.7 Å². The molecule has 1 fully saturated rings. The van der Waals surface area contributed by atoms with Crippen molar-refractivity contribution in [3.8, 4) is 0 Å². The molecule has 16 heavy (non-hydrogen) atoms. The van der Waals surface area contributed by atoms with Crippen LogP contribution in [0.4, 0.5) is 4.79 Å². The van der Waals surface area contributed by atoms with Crippen LogP contribution in [-0.2, 0) is 9.53 Å². The van der Waals surface area contributed by atoms with Crippen LogP contribution in [0, 0.1) is 0 Å². The fraction of sp³-hybridized carbons (Fsp3) is 0.800. The van der Waals surface area contributed by atoms with Gasteiger partial charge in [0.15, 0.2) is 0 Å². The highest BCUT2D eigenvalue weighted by molar-refractivity contribution is 5.83. The summed E-state index contributed by atoms with van der Waals surface area (Å²) >= 11 is 0. The zero-order chi connectivity index (χ0) is 12.5. The zero-order valence-corrected chi connectivity index (χ0v) is 10.1. The molecule has 0 aliphatic carbocycles. The molecule has 1 heterocycles. The molecule has 92 valence electrons. The van der Waals surface area contributed by atoms with E-state index in [0.717, 1.165) is 5.01 Å². The quantitative estimate of drug-likeness (QED) is 0.706. The molecule has 1 N–H and O–H groups in total. The number of aliphatic hydroxyl groups excluding tert-OH is 1. The molecule has 1 unspecified atom stereocenters. The molecule has 0 spiro atoms. The van der Waals surface area contributed by atoms with Crippen LogP contribution in [-0.4, -0.2) is 52.4 Å². The fourth-order valence-electron chi connectivity index (χ4n) is 1.51. The first kappa shape index (κ1) is 12.8. The molecule has 6 nitrogen and oxygen atoms in total. The number of aliphatic hydroxyl groups is 1. The molecule has 1 saturated heterocycles. The van der Waals surface area contributed by atoms with Gasteiger partial charge in [0.2, 0.25) is 5.91 Å². The van der Waals surface area contributed by atoms with E-state index in [1.807, 2.05) is 0 Å². The van der Waals surface area contributed by atoms with Crippen molar-refractivity contribution in [1.29, 1.82) is 0 Å². The van der Waals surface area contributed by atoms with Crippen LogP contribution in [0.25, 0.3) is 0 Å². The van der Waals surface area contributed by atoms with E-state index in [9.17, 15) is 9.59 Å². The second-order valence-corrected chi connectivity index (χ2v) is 4.78. The Labute approximate surface area is 94.7 Å². The van der Waals surface area contributed by atoms with Crippen molar-refractivity contribution in [2.75, 3.05) is 13.7 Å². The molecule has 1 aliphatic heterocycles. The lowest BCUT2D eigenvalue weighted by Crippen LogP contribution is -2.47. The van der Waals surface area contributed by atoms with Gasteiger partial charge in [-0.3, -0.25) is 9.80 Å². The molecule has 0 radical (unpaired) electrons. The molecule has 6 heteroatoms. The number of hydrogen-bond acceptors (Lipinski definition) is 4. The summed E-state index contributed by atoms with van der Waals surface area (Å²) in [5.74, 6) is -0.204. The van der Waals surface area contributed by atoms with Gasteiger partial charge in [-0.1, -0.05) is 0 Å². The van der Waals surface area contributed by atoms with Crippen LogP contribution in [0.2, 0.25) is 0 Å². The van der Waals surface area contributed by atoms with Crippen LogP contribution in [0.5, 0.6) is 0 Å². The summed E-state index contributed by atoms with van der Waals surface area (Å²) in [7, 11) is 1.49. The van der Waals surface area contributed by atoms with Crippen LogP contribution >= 0.6 is 0 Å². The number of amides is 2. The number of ether oxygens (including phenoxy) is 1. The van der Waals surface area contributed by atoms with Crippen molar-refractivity contribution in [3.63, 3.8) is 0 Å². The third kappa shape index (κ3) is 2.63. The third-order valence-electron chi connectivity index (χ3n) is 2.23. The van der Waals surface area contributed by atoms with E-state index >= 15 is 0 Å². The minimum Gasteiger partial charge on any atom is -0.442 e. The Hall–Kier alpha value is -1.30. The number of hydrazine groups is 1. The highest BCUT2D eigenvalue weighted by Gasteiger charge is 2.40. The third-order valence-corrected chi connectivity index (χ3v) is 2.23. The second kappa shape index (κ2) is 4.29. The van der Waals surface area contributed by atoms with Crippen LogP contribution in [0.1, 0.15) is 27.2 Å². The summed E-state index contributed by atoms with van der Waals surface area (Å²) in [4.78, 5) is 23.2. The van der Waals surface area contributed by atoms with Crippen molar-refractivity contribution >= 4 is 12.0 Å². The second-order valence-electron chi connectivity index (χ2n) is 4.78. The average molecular weight is 230 g/mol. The van der Waals surface area contributed by atoms with Gasteiger partial charge in [0.1, 0.15) is 5.60 Å². The number of carbonyl (C=O) groups is 2. The van der Waals surface area contributed by atoms with Gasteiger partial charge in [0.05, 0.1) is 19.1 Å². The number of carbonyl (C=O) groups excluding carboxylic acids is 2. The lowest BCUT2D eigenvalue weighted by Gasteiger charge is -2.30. The topological polar surface area (TPSA) is 70.1 Å². The predicted molar refractivity (Wildman–Crippen MR) is 56.3 cm³/mol. The normalized spacial score (nSPS) is 21.6. The number of hydrogen-bond donors (Lipinski definition) is 1. The molecule has 1 atom stereocenters. The van der Waals surface area contributed by atoms with Gasteiger partial charge in [-0.15, -0.1) is 0 Å². The maximum Gasteiger partial charge on any atom is 0.429 e. The summed E-state index contributed by atoms with van der Waals surface area (Å²) in [6.07, 6.45) is -0.480. The van der Waals surface area contributed by atoms with Crippen LogP contribution in [0.3, 0.4) is 0 Å². The summed E-state index contributed by atoms with van der Waals surface area (Å²) < 4.78 is 5.15. The predicted octanol–water partition coefficient (Wildman–Crippen LogP) is 0.361. The largest absolute Gasteiger partial charge is 0.442 e. The molecule has 1 rings (SSSR count). The zero-order valence-electron chi connectivity index (χ0n) is 10.1. The standard InChI is InChI=1S/C10H18N2O4/c1-10(2,3)16-9(15)12-7(6-13)5-8(14)11(12)4/h7,13H,5-6H2,1-4H3. The Morgan fingerprint density at radius 3 is 2.56 bits per heavy atom. The SMILES string of the molecule is CN1C(=O)CC(CO)N1C(=O)OC(C)(C)C. The van der Waals surface area contributed by atoms with Crippen LogP contribution < -0.4 is 0 Å². The van der Waals surface area contributed by atoms with Crippen molar-refractivity contribution in [3.05, 3.63) is 0 Å². The van der Waals surface area contributed by atoms with E-state index in [4.69, 9.17) is 9.84 Å². The highest BCUT2D eigenvalue weighted by atomic mass is 16.6. The Kier molecular flexibility index (Phi) is 3.42. The molecular formula is C10H18N2O4. The maximum atomic E-state index is 11.8. The smallest absolute Gasteiger partial charge is 0.429 e. The lowest BCUT2D eigenvalue weighted by molar-refractivity contribution is -0.135. The lowest BCUT2D eigenvalue weighted by atomic mass is 10.2. The van der Waals surface area contributed by atoms with E-state index in [0.29, 0.717) is 0 Å². The molecule has 1 aliphatic rings. The van der Waals surface area contributed by atoms with Gasteiger partial charge >= 0.3 is 6.09 Å². The Bertz CT molecular complexity index is 298. The van der Waals surface area contributed by atoms with Gasteiger partial charge in [-0.05, 0) is 20.8 Å². The summed E-state index contributed by atoms with van der Waals surface area (Å²) in [5.41, 5.74) is -0.621. The number of nitrogens with zero attached hydrogens (tertiary/aromatic N) is 2. The van der Waals surface area contributed by atoms with Gasteiger partial charge in [-0.25, -0.2) is 9.80 Å². The first-order valence-electron chi connectivity index (χ1n) is 5.16. The average Bonchev–Trinajstić information content (AvgIpc) is 2.40. The minimum absolute atomic E-state index is 0.131. The van der Waals surface area contributed by atoms with E-state index in [1.165, 1.54) is 12.1 Å². The van der Waals surface area contributed by atoms with Crippen molar-refractivity contribution in [2.45, 2.75) is 38.8 Å². The van der Waals surface area contributed by atoms with Crippen LogP contribution in [0.15, 0.2) is 0 Å². The molecule has 0 aromatic carbocycles. The maximum absolute atomic E-state index is 11.8. The first-order chi connectivity index (χ1) is 7.26. The van der Waals surface area contributed by atoms with E-state index in [2.05, 4.69) is 0 Å². The van der Waals surface area contributed by atoms with Gasteiger partial charge < -0.3 is 9.84 Å². The fourth-order valence-corrected chi connectivity index (χ4v) is 1.51. The van der Waals surface area contributed by atoms with Crippen molar-refractivity contribution in [1.82, 2.24) is 10.0 Å². The Morgan fingerprint density at radius 1 is 1.56 bits per heavy atom. The molecule has 0 aromatic heterocycles. The van der Waals surface area contributed by atoms with E-state index in [-0.39, 0.29) is 18.9 Å². The van der Waals surface area contributed by atoms with Crippen molar-refractivity contribution in [2.24, 2.45) is 0 Å². The molecule has 0 aromatic rings. The molecular weight excluding hydrogens is 212 g/mol. The van der Waals surface area contributed by atoms with Crippen molar-refractivity contribution < 1.29 is 19.4 Å². The monoisotopic (exact) mass is 230 g/mol. The summed E-state index contributed by atoms with van der Waals surface area (Å²) in [6.45, 7) is 4.99. The minimum atomic E-state index is -0.621. The Morgan fingerprint density at radius 2 is 2.12 bits per heavy atom. The molecule has 0 bridgehead atoms. The van der Waals surface area contributed by atoms with Gasteiger partial charge in [-0.2, -0.15) is 0 Å². The summed E-state index contributed by atoms with van der Waals surface area (Å²) in [5, 5.41) is 11.4. The molecule has 2 amide bonds. The van der Waals surface area contributed by atoms with E-state index in [1.54, 1.807) is 20.8 Å². The summed E-state index contributed by atoms with van der Waals surface area (Å²) in [6, 6.07) is -0.521. The Balaban J connectivity index is 2.77. The first-order valence-corrected chi connectivity index (χ1v) is 5.16. The van der Waals surface area contributed by atoms with Gasteiger partial charge in [0.25, 0.3) is 0 Å². The molecule has 0 saturated carbocycles. The number of rotatable bonds is 1. The highest BCUT2D eigenvalue weighted by Crippen LogP contribution is 2.21.